The van der Waals surface area contributed by atoms with Gasteiger partial charge in [-0.3, -0.25) is 0 Å². The predicted molar refractivity (Wildman–Crippen MR) is 84.8 cm³/mol. The van der Waals surface area contributed by atoms with Crippen LogP contribution in [0.5, 0.6) is 0 Å². The fraction of sp³-hybridized carbons (Fsp3) is 0.842. The number of carbonyl (C=O) groups is 1. The molecular weight excluding hydrogens is 260 g/mol. The molecule has 1 heterocycles. The summed E-state index contributed by atoms with van der Waals surface area (Å²) in [6.07, 6.45) is 8.03. The van der Waals surface area contributed by atoms with Gasteiger partial charge >= 0.3 is 5.97 Å². The summed E-state index contributed by atoms with van der Waals surface area (Å²) in [5.74, 6) is 1.32. The molecule has 2 nitrogen and oxygen atoms in total. The molecule has 3 fully saturated rings. The largest absolute Gasteiger partial charge is 0.455 e. The fourth-order valence-electron chi connectivity index (χ4n) is 5.55. The van der Waals surface area contributed by atoms with Crippen molar-refractivity contribution in [3.63, 3.8) is 0 Å². The number of ether oxygens (including phenoxy) is 1. The van der Waals surface area contributed by atoms with Gasteiger partial charge in [0.15, 0.2) is 0 Å². The third-order valence-electron chi connectivity index (χ3n) is 7.40. The Bertz CT molecular complexity index is 462. The molecule has 21 heavy (non-hydrogen) atoms. The highest BCUT2D eigenvalue weighted by molar-refractivity contribution is 5.90. The van der Waals surface area contributed by atoms with E-state index in [-0.39, 0.29) is 17.0 Å². The number of hydrogen-bond acceptors (Lipinski definition) is 2. The van der Waals surface area contributed by atoms with Crippen molar-refractivity contribution in [3.05, 3.63) is 12.2 Å². The first-order chi connectivity index (χ1) is 9.73. The molecule has 1 spiro atoms. The highest BCUT2D eigenvalue weighted by Crippen LogP contribution is 2.67. The van der Waals surface area contributed by atoms with Crippen LogP contribution < -0.4 is 0 Å². The monoisotopic (exact) mass is 290 g/mol. The highest BCUT2D eigenvalue weighted by atomic mass is 16.6. The fourth-order valence-corrected chi connectivity index (χ4v) is 5.55. The summed E-state index contributed by atoms with van der Waals surface area (Å²) in [4.78, 5) is 12.1. The normalized spacial score (nSPS) is 46.8. The number of carbonyl (C=O) groups excluding carboxylic acids is 1. The van der Waals surface area contributed by atoms with Crippen molar-refractivity contribution < 1.29 is 9.53 Å². The van der Waals surface area contributed by atoms with Crippen LogP contribution in [0.3, 0.4) is 0 Å². The Morgan fingerprint density at radius 3 is 2.52 bits per heavy atom. The van der Waals surface area contributed by atoms with E-state index in [0.717, 1.165) is 18.8 Å². The lowest BCUT2D eigenvalue weighted by atomic mass is 9.43. The molecule has 1 saturated heterocycles. The van der Waals surface area contributed by atoms with Crippen LogP contribution in [0.4, 0.5) is 0 Å². The summed E-state index contributed by atoms with van der Waals surface area (Å²) in [7, 11) is 0. The van der Waals surface area contributed by atoms with E-state index in [2.05, 4.69) is 34.3 Å². The molecule has 0 aromatic carbocycles. The first-order valence-electron chi connectivity index (χ1n) is 8.64. The molecule has 0 aromatic rings. The Balaban J connectivity index is 2.02. The summed E-state index contributed by atoms with van der Waals surface area (Å²) < 4.78 is 6.03. The Morgan fingerprint density at radius 2 is 1.95 bits per heavy atom. The Kier molecular flexibility index (Phi) is 3.31. The van der Waals surface area contributed by atoms with Crippen LogP contribution in [0.1, 0.15) is 72.6 Å². The molecule has 2 aliphatic carbocycles. The van der Waals surface area contributed by atoms with Gasteiger partial charge in [-0.2, -0.15) is 0 Å². The van der Waals surface area contributed by atoms with Crippen LogP contribution in [0.15, 0.2) is 12.2 Å². The van der Waals surface area contributed by atoms with Crippen molar-refractivity contribution in [2.24, 2.45) is 22.7 Å². The van der Waals surface area contributed by atoms with Crippen LogP contribution in [-0.4, -0.2) is 11.6 Å². The van der Waals surface area contributed by atoms with Crippen molar-refractivity contribution >= 4 is 5.97 Å². The predicted octanol–water partition coefficient (Wildman–Crippen LogP) is 4.88. The highest BCUT2D eigenvalue weighted by Gasteiger charge is 2.66. The number of fused-ring (bicyclic) bond motifs is 2. The standard InChI is InChI=1S/C19H30O2/c1-13(2)15-7-10-17(4)8-6-9-19(18(17,5)12-15)11-14(3)16(20)21-19/h13,15H,3,6-12H2,1-2,4-5H3/t15-,17+,18-,19+/m1/s1. The lowest BCUT2D eigenvalue weighted by Gasteiger charge is -2.63. The molecule has 2 heteroatoms. The van der Waals surface area contributed by atoms with Crippen LogP contribution in [0.2, 0.25) is 0 Å². The molecule has 3 rings (SSSR count). The Labute approximate surface area is 129 Å². The van der Waals surface area contributed by atoms with Gasteiger partial charge in [0.1, 0.15) is 5.60 Å². The maximum Gasteiger partial charge on any atom is 0.334 e. The lowest BCUT2D eigenvalue weighted by Crippen LogP contribution is -2.61. The Hall–Kier alpha value is -0.790. The van der Waals surface area contributed by atoms with Crippen molar-refractivity contribution in [2.75, 3.05) is 0 Å². The summed E-state index contributed by atoms with van der Waals surface area (Å²) in [5.41, 5.74) is 0.816. The second-order valence-corrected chi connectivity index (χ2v) is 8.66. The smallest absolute Gasteiger partial charge is 0.334 e. The molecule has 2 saturated carbocycles. The van der Waals surface area contributed by atoms with E-state index < -0.39 is 0 Å². The van der Waals surface area contributed by atoms with E-state index in [1.54, 1.807) is 0 Å². The van der Waals surface area contributed by atoms with Gasteiger partial charge in [0.2, 0.25) is 0 Å². The molecule has 0 amide bonds. The van der Waals surface area contributed by atoms with Crippen LogP contribution in [0.25, 0.3) is 0 Å². The molecule has 0 N–H and O–H groups in total. The minimum atomic E-state index is -0.276. The molecule has 118 valence electrons. The Morgan fingerprint density at radius 1 is 1.24 bits per heavy atom. The molecule has 0 radical (unpaired) electrons. The lowest BCUT2D eigenvalue weighted by molar-refractivity contribution is -0.210. The second-order valence-electron chi connectivity index (χ2n) is 8.66. The van der Waals surface area contributed by atoms with Crippen LogP contribution in [-0.2, 0) is 9.53 Å². The third-order valence-corrected chi connectivity index (χ3v) is 7.40. The second kappa shape index (κ2) is 4.60. The van der Waals surface area contributed by atoms with Gasteiger partial charge in [-0.15, -0.1) is 0 Å². The van der Waals surface area contributed by atoms with Crippen molar-refractivity contribution in [1.29, 1.82) is 0 Å². The van der Waals surface area contributed by atoms with E-state index in [1.165, 1.54) is 32.1 Å². The van der Waals surface area contributed by atoms with E-state index >= 15 is 0 Å². The van der Waals surface area contributed by atoms with Crippen molar-refractivity contribution in [3.8, 4) is 0 Å². The SMILES string of the molecule is C=C1C[C@]2(CCC[C@@]3(C)CC[C@@H](C(C)C)C[C@]32C)OC1=O. The molecule has 0 aromatic heterocycles. The topological polar surface area (TPSA) is 26.3 Å². The number of rotatable bonds is 1. The summed E-state index contributed by atoms with van der Waals surface area (Å²) in [5, 5.41) is 0. The zero-order valence-electron chi connectivity index (χ0n) is 14.1. The average Bonchev–Trinajstić information content (AvgIpc) is 2.68. The van der Waals surface area contributed by atoms with Gasteiger partial charge in [-0.05, 0) is 55.8 Å². The quantitative estimate of drug-likeness (QED) is 0.508. The zero-order valence-corrected chi connectivity index (χ0v) is 14.1. The number of hydrogen-bond donors (Lipinski definition) is 0. The minimum Gasteiger partial charge on any atom is -0.455 e. The summed E-state index contributed by atoms with van der Waals surface area (Å²) in [6.45, 7) is 13.5. The van der Waals surface area contributed by atoms with E-state index in [1.807, 2.05) is 0 Å². The van der Waals surface area contributed by atoms with Crippen molar-refractivity contribution in [1.82, 2.24) is 0 Å². The average molecular weight is 290 g/mol. The zero-order chi connectivity index (χ0) is 15.5. The van der Waals surface area contributed by atoms with Gasteiger partial charge < -0.3 is 4.74 Å². The minimum absolute atomic E-state index is 0.0978. The van der Waals surface area contributed by atoms with Crippen molar-refractivity contribution in [2.45, 2.75) is 78.2 Å². The third kappa shape index (κ3) is 1.94. The maximum absolute atomic E-state index is 12.1. The first-order valence-corrected chi connectivity index (χ1v) is 8.64. The molecule has 0 bridgehead atoms. The van der Waals surface area contributed by atoms with Crippen LogP contribution in [0, 0.1) is 22.7 Å². The van der Waals surface area contributed by atoms with Crippen LogP contribution >= 0.6 is 0 Å². The van der Waals surface area contributed by atoms with Gasteiger partial charge in [0, 0.05) is 17.4 Å². The molecule has 1 aliphatic heterocycles. The van der Waals surface area contributed by atoms with E-state index in [0.29, 0.717) is 16.9 Å². The molecule has 3 aliphatic rings. The van der Waals surface area contributed by atoms with Gasteiger partial charge in [-0.1, -0.05) is 34.3 Å². The summed E-state index contributed by atoms with van der Waals surface area (Å²) in [6, 6.07) is 0. The van der Waals surface area contributed by atoms with Gasteiger partial charge in [0.25, 0.3) is 0 Å². The van der Waals surface area contributed by atoms with E-state index in [4.69, 9.17) is 4.74 Å². The summed E-state index contributed by atoms with van der Waals surface area (Å²) >= 11 is 0. The molecule has 4 atom stereocenters. The van der Waals surface area contributed by atoms with E-state index in [9.17, 15) is 4.79 Å². The first kappa shape index (κ1) is 15.1. The van der Waals surface area contributed by atoms with Gasteiger partial charge in [-0.25, -0.2) is 4.79 Å². The molecular formula is C19H30O2. The maximum atomic E-state index is 12.1. The molecule has 0 unspecified atom stereocenters. The van der Waals surface area contributed by atoms with Gasteiger partial charge in [0.05, 0.1) is 0 Å². The number of esters is 1.